The summed E-state index contributed by atoms with van der Waals surface area (Å²) in [7, 11) is -3.72. The van der Waals surface area contributed by atoms with Crippen LogP contribution in [0.15, 0.2) is 47.4 Å². The van der Waals surface area contributed by atoms with E-state index in [0.717, 1.165) is 12.0 Å². The number of benzene rings is 2. The van der Waals surface area contributed by atoms with Crippen LogP contribution in [0.4, 0.5) is 0 Å². The number of piperidine rings is 1. The molecule has 8 heteroatoms. The molecule has 1 saturated heterocycles. The number of sulfonamides is 1. The molecule has 1 N–H and O–H groups in total. The number of fused-ring (bicyclic) bond motifs is 1. The molecular weight excluding hydrogens is 414 g/mol. The number of aliphatic hydroxyl groups excluding tert-OH is 1. The zero-order valence-electron chi connectivity index (χ0n) is 16.0. The van der Waals surface area contributed by atoms with Gasteiger partial charge in [0.15, 0.2) is 11.5 Å². The van der Waals surface area contributed by atoms with Crippen molar-refractivity contribution < 1.29 is 23.0 Å². The summed E-state index contributed by atoms with van der Waals surface area (Å²) in [4.78, 5) is 0.179. The van der Waals surface area contributed by atoms with E-state index < -0.39 is 15.4 Å². The molecule has 2 heterocycles. The summed E-state index contributed by atoms with van der Waals surface area (Å²) in [6, 6.07) is 12.2. The SMILES string of the molecule is O=S(=O)(c1ccc2c(c1)OCCO2)N1CCC[C@@](CO)(Cc2cccc(Cl)c2)C1. The highest BCUT2D eigenvalue weighted by Crippen LogP contribution is 2.38. The van der Waals surface area contributed by atoms with Gasteiger partial charge in [0.05, 0.1) is 11.5 Å². The Morgan fingerprint density at radius 2 is 1.90 bits per heavy atom. The number of hydrogen-bond donors (Lipinski definition) is 1. The van der Waals surface area contributed by atoms with Crippen molar-refractivity contribution in [1.29, 1.82) is 0 Å². The van der Waals surface area contributed by atoms with Crippen LogP contribution in [0.1, 0.15) is 18.4 Å². The van der Waals surface area contributed by atoms with Crippen LogP contribution in [0.25, 0.3) is 0 Å². The summed E-state index contributed by atoms with van der Waals surface area (Å²) in [6.07, 6.45) is 2.01. The number of aliphatic hydroxyl groups is 1. The van der Waals surface area contributed by atoms with Gasteiger partial charge in [0.25, 0.3) is 0 Å². The maximum atomic E-state index is 13.3. The second kappa shape index (κ2) is 8.14. The topological polar surface area (TPSA) is 76.1 Å². The Hall–Kier alpha value is -1.80. The van der Waals surface area contributed by atoms with E-state index in [4.69, 9.17) is 21.1 Å². The lowest BCUT2D eigenvalue weighted by molar-refractivity contribution is 0.0645. The van der Waals surface area contributed by atoms with Gasteiger partial charge in [0, 0.05) is 29.6 Å². The second-order valence-electron chi connectivity index (χ2n) is 7.71. The quantitative estimate of drug-likeness (QED) is 0.777. The number of ether oxygens (including phenoxy) is 2. The summed E-state index contributed by atoms with van der Waals surface area (Å²) < 4.78 is 39.1. The molecule has 4 rings (SSSR count). The second-order valence-corrected chi connectivity index (χ2v) is 10.1. The van der Waals surface area contributed by atoms with E-state index in [9.17, 15) is 13.5 Å². The van der Waals surface area contributed by atoms with E-state index in [-0.39, 0.29) is 18.0 Å². The third kappa shape index (κ3) is 4.23. The Bertz CT molecular complexity index is 996. The van der Waals surface area contributed by atoms with Gasteiger partial charge in [-0.15, -0.1) is 0 Å². The van der Waals surface area contributed by atoms with Gasteiger partial charge in [0.2, 0.25) is 10.0 Å². The fourth-order valence-electron chi connectivity index (χ4n) is 4.11. The molecule has 6 nitrogen and oxygen atoms in total. The largest absolute Gasteiger partial charge is 0.486 e. The number of hydrogen-bond acceptors (Lipinski definition) is 5. The first kappa shape index (κ1) is 20.5. The van der Waals surface area contributed by atoms with Crippen molar-refractivity contribution in [3.8, 4) is 11.5 Å². The van der Waals surface area contributed by atoms with Crippen molar-refractivity contribution in [2.45, 2.75) is 24.2 Å². The third-order valence-electron chi connectivity index (χ3n) is 5.58. The lowest BCUT2D eigenvalue weighted by atomic mass is 9.76. The maximum absolute atomic E-state index is 13.3. The van der Waals surface area contributed by atoms with Crippen LogP contribution in [0.5, 0.6) is 11.5 Å². The molecule has 1 atom stereocenters. The molecule has 2 aliphatic rings. The fraction of sp³-hybridized carbons (Fsp3) is 0.429. The number of halogens is 1. The van der Waals surface area contributed by atoms with Crippen LogP contribution in [0.2, 0.25) is 5.02 Å². The summed E-state index contributed by atoms with van der Waals surface area (Å²) in [5, 5.41) is 10.8. The minimum Gasteiger partial charge on any atom is -0.486 e. The van der Waals surface area contributed by atoms with Crippen molar-refractivity contribution in [3.63, 3.8) is 0 Å². The molecule has 1 fully saturated rings. The zero-order chi connectivity index (χ0) is 20.5. The van der Waals surface area contributed by atoms with E-state index >= 15 is 0 Å². The molecule has 0 aromatic heterocycles. The van der Waals surface area contributed by atoms with Crippen molar-refractivity contribution in [3.05, 3.63) is 53.1 Å². The zero-order valence-corrected chi connectivity index (χ0v) is 17.6. The van der Waals surface area contributed by atoms with E-state index in [1.54, 1.807) is 18.2 Å². The Morgan fingerprint density at radius 3 is 2.66 bits per heavy atom. The van der Waals surface area contributed by atoms with Gasteiger partial charge >= 0.3 is 0 Å². The monoisotopic (exact) mass is 437 g/mol. The Balaban J connectivity index is 1.59. The average molecular weight is 438 g/mol. The van der Waals surface area contributed by atoms with Crippen LogP contribution < -0.4 is 9.47 Å². The normalized spacial score (nSPS) is 22.4. The van der Waals surface area contributed by atoms with Crippen LogP contribution in [-0.4, -0.2) is 50.7 Å². The highest BCUT2D eigenvalue weighted by atomic mass is 35.5. The molecule has 156 valence electrons. The molecule has 0 spiro atoms. The molecule has 29 heavy (non-hydrogen) atoms. The predicted molar refractivity (Wildman–Crippen MR) is 110 cm³/mol. The van der Waals surface area contributed by atoms with Crippen molar-refractivity contribution in [2.75, 3.05) is 32.9 Å². The highest BCUT2D eigenvalue weighted by molar-refractivity contribution is 7.89. The fourth-order valence-corrected chi connectivity index (χ4v) is 5.93. The van der Waals surface area contributed by atoms with Gasteiger partial charge in [-0.1, -0.05) is 23.7 Å². The first-order valence-electron chi connectivity index (χ1n) is 9.67. The van der Waals surface area contributed by atoms with Crippen LogP contribution in [-0.2, 0) is 16.4 Å². The third-order valence-corrected chi connectivity index (χ3v) is 7.66. The van der Waals surface area contributed by atoms with Gasteiger partial charge < -0.3 is 14.6 Å². The first-order valence-corrected chi connectivity index (χ1v) is 11.5. The van der Waals surface area contributed by atoms with Crippen LogP contribution in [0, 0.1) is 5.41 Å². The van der Waals surface area contributed by atoms with Gasteiger partial charge in [-0.25, -0.2) is 8.42 Å². The molecule has 2 aromatic rings. The van der Waals surface area contributed by atoms with E-state index in [2.05, 4.69) is 0 Å². The minimum atomic E-state index is -3.72. The number of nitrogens with zero attached hydrogens (tertiary/aromatic N) is 1. The average Bonchev–Trinajstić information content (AvgIpc) is 2.73. The smallest absolute Gasteiger partial charge is 0.243 e. The Kier molecular flexibility index (Phi) is 5.75. The summed E-state index contributed by atoms with van der Waals surface area (Å²) in [5.74, 6) is 1.00. The standard InChI is InChI=1S/C21H24ClNO5S/c22-17-4-1-3-16(11-17)13-21(15-24)7-2-8-23(14-21)29(25,26)18-5-6-19-20(12-18)28-10-9-27-19/h1,3-6,11-12,24H,2,7-10,13-15H2/t21-/m1/s1. The molecule has 0 amide bonds. The van der Waals surface area contributed by atoms with Crippen molar-refractivity contribution in [1.82, 2.24) is 4.31 Å². The number of rotatable bonds is 5. The summed E-state index contributed by atoms with van der Waals surface area (Å²) in [5.41, 5.74) is 0.453. The van der Waals surface area contributed by atoms with Crippen LogP contribution in [0.3, 0.4) is 0 Å². The minimum absolute atomic E-state index is 0.0906. The molecular formula is C21H24ClNO5S. The van der Waals surface area contributed by atoms with E-state index in [0.29, 0.717) is 49.1 Å². The van der Waals surface area contributed by atoms with Crippen molar-refractivity contribution in [2.24, 2.45) is 5.41 Å². The summed E-state index contributed by atoms with van der Waals surface area (Å²) >= 11 is 6.10. The Labute approximate surface area is 176 Å². The molecule has 2 aliphatic heterocycles. The maximum Gasteiger partial charge on any atom is 0.243 e. The van der Waals surface area contributed by atoms with Gasteiger partial charge in [-0.05, 0) is 49.1 Å². The first-order chi connectivity index (χ1) is 13.9. The highest BCUT2D eigenvalue weighted by Gasteiger charge is 2.40. The molecule has 0 saturated carbocycles. The van der Waals surface area contributed by atoms with Gasteiger partial charge in [-0.3, -0.25) is 0 Å². The predicted octanol–water partition coefficient (Wildman–Crippen LogP) is 3.12. The molecule has 0 aliphatic carbocycles. The van der Waals surface area contributed by atoms with E-state index in [1.807, 2.05) is 18.2 Å². The van der Waals surface area contributed by atoms with Gasteiger partial charge in [-0.2, -0.15) is 4.31 Å². The lowest BCUT2D eigenvalue weighted by Gasteiger charge is -2.41. The molecule has 0 unspecified atom stereocenters. The van der Waals surface area contributed by atoms with Crippen LogP contribution >= 0.6 is 11.6 Å². The lowest BCUT2D eigenvalue weighted by Crippen LogP contribution is -2.48. The van der Waals surface area contributed by atoms with Gasteiger partial charge in [0.1, 0.15) is 13.2 Å². The molecule has 2 aromatic carbocycles. The molecule has 0 radical (unpaired) electrons. The molecule has 0 bridgehead atoms. The van der Waals surface area contributed by atoms with E-state index in [1.165, 1.54) is 10.4 Å². The summed E-state index contributed by atoms with van der Waals surface area (Å²) in [6.45, 7) is 1.44. The van der Waals surface area contributed by atoms with Crippen molar-refractivity contribution >= 4 is 21.6 Å². The Morgan fingerprint density at radius 1 is 1.10 bits per heavy atom.